The van der Waals surface area contributed by atoms with Crippen LogP contribution in [0.5, 0.6) is 5.75 Å². The molecular weight excluding hydrogens is 439 g/mol. The largest absolute Gasteiger partial charge is 0.497 e. The van der Waals surface area contributed by atoms with Crippen molar-refractivity contribution in [2.75, 3.05) is 7.11 Å². The Morgan fingerprint density at radius 2 is 1.94 bits per heavy atom. The second-order valence-corrected chi connectivity index (χ2v) is 8.46. The van der Waals surface area contributed by atoms with Crippen molar-refractivity contribution in [3.63, 3.8) is 0 Å². The summed E-state index contributed by atoms with van der Waals surface area (Å²) in [7, 11) is 1.64. The molecule has 3 heterocycles. The van der Waals surface area contributed by atoms with Crippen molar-refractivity contribution in [2.45, 2.75) is 24.4 Å². The van der Waals surface area contributed by atoms with Crippen LogP contribution < -0.4 is 4.74 Å². The number of ether oxygens (including phenoxy) is 1. The van der Waals surface area contributed by atoms with E-state index in [1.54, 1.807) is 43.4 Å². The van der Waals surface area contributed by atoms with Crippen LogP contribution in [0.3, 0.4) is 0 Å². The number of methoxy groups -OCH3 is 1. The van der Waals surface area contributed by atoms with Crippen LogP contribution in [0, 0.1) is 12.7 Å². The number of halogens is 1. The summed E-state index contributed by atoms with van der Waals surface area (Å²) in [6, 6.07) is 16.1. The number of oxazole rings is 1. The molecule has 166 valence electrons. The molecule has 0 unspecified atom stereocenters. The molecule has 0 saturated carbocycles. The van der Waals surface area contributed by atoms with Gasteiger partial charge in [-0.15, -0.1) is 0 Å². The van der Waals surface area contributed by atoms with Gasteiger partial charge in [-0.1, -0.05) is 23.9 Å². The molecule has 6 nitrogen and oxygen atoms in total. The number of hydrogen-bond acceptors (Lipinski definition) is 6. The maximum absolute atomic E-state index is 13.6. The highest BCUT2D eigenvalue weighted by molar-refractivity contribution is 7.98. The number of aryl methyl sites for hydroxylation is 1. The molecule has 0 amide bonds. The summed E-state index contributed by atoms with van der Waals surface area (Å²) in [5.74, 6) is 2.44. The van der Waals surface area contributed by atoms with E-state index in [0.29, 0.717) is 18.2 Å². The molecule has 0 aliphatic heterocycles. The van der Waals surface area contributed by atoms with Gasteiger partial charge in [0.2, 0.25) is 5.89 Å². The molecule has 0 saturated heterocycles. The van der Waals surface area contributed by atoms with Crippen LogP contribution in [0.15, 0.2) is 76.6 Å². The Hall–Kier alpha value is -3.65. The van der Waals surface area contributed by atoms with E-state index in [2.05, 4.69) is 9.55 Å². The molecule has 0 fully saturated rings. The van der Waals surface area contributed by atoms with Crippen molar-refractivity contribution in [1.82, 2.24) is 19.5 Å². The normalized spacial score (nSPS) is 11.2. The van der Waals surface area contributed by atoms with E-state index >= 15 is 0 Å². The molecule has 0 aliphatic rings. The van der Waals surface area contributed by atoms with Gasteiger partial charge in [0.25, 0.3) is 0 Å². The fourth-order valence-electron chi connectivity index (χ4n) is 3.57. The third-order valence-electron chi connectivity index (χ3n) is 5.31. The second kappa shape index (κ2) is 9.07. The number of imidazole rings is 1. The van der Waals surface area contributed by atoms with Crippen LogP contribution in [0.25, 0.3) is 22.5 Å². The number of pyridine rings is 1. The van der Waals surface area contributed by atoms with Gasteiger partial charge in [-0.25, -0.2) is 14.4 Å². The minimum absolute atomic E-state index is 0.241. The molecule has 2 aromatic carbocycles. The number of benzene rings is 2. The summed E-state index contributed by atoms with van der Waals surface area (Å²) in [6.45, 7) is 2.39. The minimum Gasteiger partial charge on any atom is -0.497 e. The van der Waals surface area contributed by atoms with Crippen molar-refractivity contribution in [3.05, 3.63) is 89.8 Å². The van der Waals surface area contributed by atoms with Gasteiger partial charge in [-0.05, 0) is 55.0 Å². The molecule has 0 spiro atoms. The molecule has 0 aliphatic carbocycles. The Balaban J connectivity index is 1.45. The zero-order chi connectivity index (χ0) is 22.8. The Labute approximate surface area is 194 Å². The van der Waals surface area contributed by atoms with Gasteiger partial charge < -0.3 is 13.7 Å². The van der Waals surface area contributed by atoms with E-state index < -0.39 is 0 Å². The molecule has 5 aromatic rings. The van der Waals surface area contributed by atoms with Crippen LogP contribution in [0.4, 0.5) is 4.39 Å². The van der Waals surface area contributed by atoms with Gasteiger partial charge >= 0.3 is 0 Å². The number of nitrogens with zero attached hydrogens (tertiary/aromatic N) is 4. The van der Waals surface area contributed by atoms with Gasteiger partial charge in [0.15, 0.2) is 5.16 Å². The van der Waals surface area contributed by atoms with Crippen molar-refractivity contribution in [1.29, 1.82) is 0 Å². The van der Waals surface area contributed by atoms with Gasteiger partial charge in [-0.3, -0.25) is 4.98 Å². The van der Waals surface area contributed by atoms with Crippen LogP contribution >= 0.6 is 11.8 Å². The fourth-order valence-corrected chi connectivity index (χ4v) is 4.52. The zero-order valence-electron chi connectivity index (χ0n) is 18.2. The Morgan fingerprint density at radius 3 is 2.73 bits per heavy atom. The molecule has 0 N–H and O–H groups in total. The van der Waals surface area contributed by atoms with E-state index in [4.69, 9.17) is 19.1 Å². The van der Waals surface area contributed by atoms with E-state index in [1.807, 2.05) is 43.3 Å². The second-order valence-electron chi connectivity index (χ2n) is 7.51. The summed E-state index contributed by atoms with van der Waals surface area (Å²) in [6.07, 6.45) is 3.53. The topological polar surface area (TPSA) is 66.0 Å². The van der Waals surface area contributed by atoms with Crippen LogP contribution in [-0.2, 0) is 12.3 Å². The maximum Gasteiger partial charge on any atom is 0.226 e. The molecule has 3 aromatic heterocycles. The van der Waals surface area contributed by atoms with Crippen LogP contribution in [0.2, 0.25) is 0 Å². The minimum atomic E-state index is -0.241. The summed E-state index contributed by atoms with van der Waals surface area (Å²) in [5.41, 5.74) is 4.35. The van der Waals surface area contributed by atoms with Crippen molar-refractivity contribution in [2.24, 2.45) is 0 Å². The third kappa shape index (κ3) is 4.47. The molecule has 33 heavy (non-hydrogen) atoms. The summed E-state index contributed by atoms with van der Waals surface area (Å²) in [4.78, 5) is 13.8. The predicted octanol–water partition coefficient (Wildman–Crippen LogP) is 5.88. The lowest BCUT2D eigenvalue weighted by Gasteiger charge is -2.08. The smallest absolute Gasteiger partial charge is 0.226 e. The zero-order valence-corrected chi connectivity index (χ0v) is 19.0. The quantitative estimate of drug-likeness (QED) is 0.283. The van der Waals surface area contributed by atoms with Crippen molar-refractivity contribution >= 4 is 22.8 Å². The lowest BCUT2D eigenvalue weighted by molar-refractivity contribution is 0.415. The molecular formula is C25H21FN4O2S. The highest BCUT2D eigenvalue weighted by Gasteiger charge is 2.17. The van der Waals surface area contributed by atoms with E-state index in [-0.39, 0.29) is 5.82 Å². The van der Waals surface area contributed by atoms with Crippen LogP contribution in [0.1, 0.15) is 17.0 Å². The SMILES string of the molecule is COc1ccc(-c2nc(Cn3c(SCc4cccc(F)c4)nc4ccncc43)c(C)o2)cc1. The van der Waals surface area contributed by atoms with Gasteiger partial charge in [0.1, 0.15) is 23.0 Å². The van der Waals surface area contributed by atoms with E-state index in [0.717, 1.165) is 44.5 Å². The predicted molar refractivity (Wildman–Crippen MR) is 126 cm³/mol. The first kappa shape index (κ1) is 21.2. The summed E-state index contributed by atoms with van der Waals surface area (Å²) >= 11 is 1.55. The van der Waals surface area contributed by atoms with E-state index in [1.165, 1.54) is 6.07 Å². The molecule has 0 radical (unpaired) electrons. The lowest BCUT2D eigenvalue weighted by Crippen LogP contribution is -2.03. The fraction of sp³-hybridized carbons (Fsp3) is 0.160. The van der Waals surface area contributed by atoms with Gasteiger partial charge in [0, 0.05) is 17.5 Å². The standard InChI is InChI=1S/C25H21FN4O2S/c1-16-22(28-24(32-16)18-6-8-20(31-2)9-7-18)14-30-23-13-27-11-10-21(23)29-25(30)33-15-17-4-3-5-19(26)12-17/h3-13H,14-15H2,1-2H3. The molecule has 5 rings (SSSR count). The number of aromatic nitrogens is 4. The monoisotopic (exact) mass is 460 g/mol. The number of hydrogen-bond donors (Lipinski definition) is 0. The summed E-state index contributed by atoms with van der Waals surface area (Å²) in [5, 5.41) is 0.815. The van der Waals surface area contributed by atoms with Crippen LogP contribution in [-0.4, -0.2) is 26.6 Å². The average Bonchev–Trinajstić information content (AvgIpc) is 3.38. The third-order valence-corrected chi connectivity index (χ3v) is 6.36. The van der Waals surface area contributed by atoms with Gasteiger partial charge in [-0.2, -0.15) is 0 Å². The van der Waals surface area contributed by atoms with Gasteiger partial charge in [0.05, 0.1) is 30.9 Å². The lowest BCUT2D eigenvalue weighted by atomic mass is 10.2. The average molecular weight is 461 g/mol. The number of fused-ring (bicyclic) bond motifs is 1. The van der Waals surface area contributed by atoms with Crippen molar-refractivity contribution < 1.29 is 13.5 Å². The number of rotatable bonds is 7. The van der Waals surface area contributed by atoms with Crippen molar-refractivity contribution in [3.8, 4) is 17.2 Å². The molecule has 0 bridgehead atoms. The Morgan fingerprint density at radius 1 is 1.09 bits per heavy atom. The molecule has 8 heteroatoms. The Bertz CT molecular complexity index is 1410. The Kier molecular flexibility index (Phi) is 5.83. The first-order chi connectivity index (χ1) is 16.1. The highest BCUT2D eigenvalue weighted by atomic mass is 32.2. The summed E-state index contributed by atoms with van der Waals surface area (Å²) < 4.78 is 26.9. The highest BCUT2D eigenvalue weighted by Crippen LogP contribution is 2.29. The number of thioether (sulfide) groups is 1. The maximum atomic E-state index is 13.6. The molecule has 0 atom stereocenters. The van der Waals surface area contributed by atoms with E-state index in [9.17, 15) is 4.39 Å². The first-order valence-corrected chi connectivity index (χ1v) is 11.4. The first-order valence-electron chi connectivity index (χ1n) is 10.4.